The number of nitrogens with zero attached hydrogens (tertiary/aromatic N) is 1. The van der Waals surface area contributed by atoms with Gasteiger partial charge in [0.05, 0.1) is 6.04 Å². The first-order chi connectivity index (χ1) is 9.52. The quantitative estimate of drug-likeness (QED) is 0.884. The average molecular weight is 278 g/mol. The van der Waals surface area contributed by atoms with Gasteiger partial charge < -0.3 is 5.32 Å². The van der Waals surface area contributed by atoms with Crippen LogP contribution in [-0.4, -0.2) is 30.6 Å². The predicted molar refractivity (Wildman–Crippen MR) is 82.4 cm³/mol. The second kappa shape index (κ2) is 6.23. The molecule has 2 nitrogen and oxygen atoms in total. The van der Waals surface area contributed by atoms with Gasteiger partial charge in [0, 0.05) is 5.54 Å². The summed E-state index contributed by atoms with van der Waals surface area (Å²) in [7, 11) is 1.99. The van der Waals surface area contributed by atoms with Crippen molar-refractivity contribution in [2.45, 2.75) is 51.6 Å². The number of likely N-dealkylation sites (tertiary alicyclic amines) is 1. The van der Waals surface area contributed by atoms with Crippen LogP contribution >= 0.6 is 0 Å². The van der Waals surface area contributed by atoms with Crippen molar-refractivity contribution in [2.75, 3.05) is 20.1 Å². The van der Waals surface area contributed by atoms with Gasteiger partial charge in [0.25, 0.3) is 0 Å². The van der Waals surface area contributed by atoms with Gasteiger partial charge in [-0.05, 0) is 76.5 Å². The van der Waals surface area contributed by atoms with Crippen LogP contribution in [-0.2, 0) is 0 Å². The molecule has 1 aromatic carbocycles. The van der Waals surface area contributed by atoms with Crippen LogP contribution < -0.4 is 5.32 Å². The van der Waals surface area contributed by atoms with Crippen molar-refractivity contribution in [1.82, 2.24) is 10.2 Å². The Hall–Kier alpha value is -0.930. The van der Waals surface area contributed by atoms with Crippen molar-refractivity contribution in [3.05, 3.63) is 35.1 Å². The smallest absolute Gasteiger partial charge is 0.123 e. The highest BCUT2D eigenvalue weighted by Crippen LogP contribution is 2.37. The first kappa shape index (κ1) is 15.5. The van der Waals surface area contributed by atoms with Crippen LogP contribution in [0.15, 0.2) is 18.2 Å². The Morgan fingerprint density at radius 3 is 2.55 bits per heavy atom. The molecule has 1 aromatic rings. The topological polar surface area (TPSA) is 15.3 Å². The van der Waals surface area contributed by atoms with Crippen LogP contribution in [0.25, 0.3) is 0 Å². The third-order valence-corrected chi connectivity index (χ3v) is 5.01. The molecule has 0 spiro atoms. The van der Waals surface area contributed by atoms with E-state index in [2.05, 4.69) is 31.0 Å². The lowest BCUT2D eigenvalue weighted by molar-refractivity contribution is 0.0869. The Labute approximate surface area is 122 Å². The van der Waals surface area contributed by atoms with Crippen LogP contribution in [0.4, 0.5) is 4.39 Å². The highest BCUT2D eigenvalue weighted by molar-refractivity contribution is 5.32. The zero-order chi connectivity index (χ0) is 14.8. The molecule has 0 saturated carbocycles. The van der Waals surface area contributed by atoms with E-state index in [4.69, 9.17) is 0 Å². The van der Waals surface area contributed by atoms with Gasteiger partial charge in [-0.2, -0.15) is 0 Å². The molecule has 1 aliphatic heterocycles. The van der Waals surface area contributed by atoms with Gasteiger partial charge >= 0.3 is 0 Å². The number of hydrogen-bond donors (Lipinski definition) is 1. The predicted octanol–water partition coefficient (Wildman–Crippen LogP) is 3.66. The molecule has 3 heteroatoms. The summed E-state index contributed by atoms with van der Waals surface area (Å²) in [6.45, 7) is 8.91. The van der Waals surface area contributed by atoms with E-state index in [0.29, 0.717) is 0 Å². The summed E-state index contributed by atoms with van der Waals surface area (Å²) >= 11 is 0. The van der Waals surface area contributed by atoms with E-state index in [1.54, 1.807) is 12.1 Å². The van der Waals surface area contributed by atoms with Gasteiger partial charge in [-0.1, -0.05) is 13.0 Å². The van der Waals surface area contributed by atoms with Crippen LogP contribution in [0.1, 0.15) is 50.3 Å². The lowest BCUT2D eigenvalue weighted by Crippen LogP contribution is -2.52. The Kier molecular flexibility index (Phi) is 4.82. The normalized spacial score (nSPS) is 20.9. The number of benzene rings is 1. The van der Waals surface area contributed by atoms with Gasteiger partial charge in [-0.15, -0.1) is 0 Å². The molecular formula is C17H27FN2. The van der Waals surface area contributed by atoms with E-state index in [1.165, 1.54) is 12.8 Å². The number of halogens is 1. The minimum absolute atomic E-state index is 0.0316. The fourth-order valence-corrected chi connectivity index (χ4v) is 3.56. The molecule has 1 N–H and O–H groups in total. The molecule has 1 heterocycles. The molecule has 20 heavy (non-hydrogen) atoms. The fraction of sp³-hybridized carbons (Fsp3) is 0.647. The van der Waals surface area contributed by atoms with E-state index in [9.17, 15) is 4.39 Å². The van der Waals surface area contributed by atoms with Crippen molar-refractivity contribution < 1.29 is 4.39 Å². The van der Waals surface area contributed by atoms with Crippen molar-refractivity contribution in [3.8, 4) is 0 Å². The summed E-state index contributed by atoms with van der Waals surface area (Å²) in [6, 6.07) is 5.28. The van der Waals surface area contributed by atoms with Gasteiger partial charge in [0.1, 0.15) is 5.82 Å². The molecule has 2 rings (SSSR count). The Morgan fingerprint density at radius 2 is 2.00 bits per heavy atom. The minimum atomic E-state index is -0.147. The molecule has 0 aliphatic carbocycles. The van der Waals surface area contributed by atoms with Crippen molar-refractivity contribution >= 4 is 0 Å². The average Bonchev–Trinajstić information content (AvgIpc) is 2.97. The second-order valence-electron chi connectivity index (χ2n) is 6.13. The standard InChI is InChI=1S/C17H27FN2/c1-5-17(3,20-10-6-7-11-20)16(19-4)15-12-14(18)9-8-13(15)2/h8-9,12,16,19H,5-7,10-11H2,1-4H3. The van der Waals surface area contributed by atoms with Crippen LogP contribution in [0.2, 0.25) is 0 Å². The lowest BCUT2D eigenvalue weighted by Gasteiger charge is -2.45. The van der Waals surface area contributed by atoms with Crippen LogP contribution in [0, 0.1) is 12.7 Å². The van der Waals surface area contributed by atoms with E-state index >= 15 is 0 Å². The zero-order valence-electron chi connectivity index (χ0n) is 13.2. The highest BCUT2D eigenvalue weighted by atomic mass is 19.1. The maximum absolute atomic E-state index is 13.7. The molecule has 1 saturated heterocycles. The fourth-order valence-electron chi connectivity index (χ4n) is 3.56. The van der Waals surface area contributed by atoms with Crippen molar-refractivity contribution in [1.29, 1.82) is 0 Å². The van der Waals surface area contributed by atoms with Gasteiger partial charge in [0.15, 0.2) is 0 Å². The molecule has 1 aliphatic rings. The Balaban J connectivity index is 2.40. The summed E-state index contributed by atoms with van der Waals surface area (Å²) in [6.07, 6.45) is 3.59. The minimum Gasteiger partial charge on any atom is -0.311 e. The second-order valence-corrected chi connectivity index (χ2v) is 6.13. The molecule has 0 radical (unpaired) electrons. The molecule has 1 fully saturated rings. The Bertz CT molecular complexity index is 454. The van der Waals surface area contributed by atoms with Gasteiger partial charge in [0.2, 0.25) is 0 Å². The molecule has 0 aromatic heterocycles. The maximum atomic E-state index is 13.7. The van der Waals surface area contributed by atoms with E-state index in [-0.39, 0.29) is 17.4 Å². The van der Waals surface area contributed by atoms with Crippen LogP contribution in [0.3, 0.4) is 0 Å². The lowest BCUT2D eigenvalue weighted by atomic mass is 9.81. The van der Waals surface area contributed by atoms with E-state index in [1.807, 2.05) is 13.1 Å². The molecule has 0 amide bonds. The molecule has 2 atom stereocenters. The van der Waals surface area contributed by atoms with E-state index in [0.717, 1.165) is 30.6 Å². The number of likely N-dealkylation sites (N-methyl/N-ethyl adjacent to an activating group) is 1. The monoisotopic (exact) mass is 278 g/mol. The SMILES string of the molecule is CCC(C)(C(NC)c1cc(F)ccc1C)N1CCCC1. The number of aryl methyl sites for hydroxylation is 1. The summed E-state index contributed by atoms with van der Waals surface area (Å²) < 4.78 is 13.7. The number of rotatable bonds is 5. The first-order valence-corrected chi connectivity index (χ1v) is 7.71. The molecular weight excluding hydrogens is 251 g/mol. The van der Waals surface area contributed by atoms with Crippen LogP contribution in [0.5, 0.6) is 0 Å². The molecule has 112 valence electrons. The zero-order valence-corrected chi connectivity index (χ0v) is 13.2. The van der Waals surface area contributed by atoms with Gasteiger partial charge in [-0.25, -0.2) is 4.39 Å². The highest BCUT2D eigenvalue weighted by Gasteiger charge is 2.40. The largest absolute Gasteiger partial charge is 0.311 e. The summed E-state index contributed by atoms with van der Waals surface area (Å²) in [4.78, 5) is 2.57. The first-order valence-electron chi connectivity index (χ1n) is 7.71. The summed E-state index contributed by atoms with van der Waals surface area (Å²) in [5.74, 6) is -0.147. The third kappa shape index (κ3) is 2.75. The number of hydrogen-bond acceptors (Lipinski definition) is 2. The number of nitrogens with one attached hydrogen (secondary N) is 1. The Morgan fingerprint density at radius 1 is 1.35 bits per heavy atom. The molecule has 0 bridgehead atoms. The maximum Gasteiger partial charge on any atom is 0.123 e. The third-order valence-electron chi connectivity index (χ3n) is 5.01. The summed E-state index contributed by atoms with van der Waals surface area (Å²) in [5, 5.41) is 3.45. The van der Waals surface area contributed by atoms with Crippen molar-refractivity contribution in [2.24, 2.45) is 0 Å². The van der Waals surface area contributed by atoms with E-state index < -0.39 is 0 Å². The van der Waals surface area contributed by atoms with Crippen molar-refractivity contribution in [3.63, 3.8) is 0 Å². The summed E-state index contributed by atoms with van der Waals surface area (Å²) in [5.41, 5.74) is 2.28. The van der Waals surface area contributed by atoms with Gasteiger partial charge in [-0.3, -0.25) is 4.90 Å². The molecule has 2 unspecified atom stereocenters.